The Balaban J connectivity index is 1.25. The van der Waals surface area contributed by atoms with Crippen LogP contribution in [0.2, 0.25) is 0 Å². The molecule has 0 atom stereocenters. The molecule has 0 unspecified atom stereocenters. The van der Waals surface area contributed by atoms with Crippen molar-refractivity contribution in [2.45, 2.75) is 18.5 Å². The fraction of sp³-hybridized carbons (Fsp3) is 0.207. The zero-order valence-electron chi connectivity index (χ0n) is 21.1. The molecule has 6 nitrogen and oxygen atoms in total. The molecule has 37 heavy (non-hydrogen) atoms. The molecule has 0 aliphatic carbocycles. The summed E-state index contributed by atoms with van der Waals surface area (Å²) in [6, 6.07) is 22.1. The van der Waals surface area contributed by atoms with E-state index in [-0.39, 0.29) is 11.7 Å². The molecule has 5 rings (SSSR count). The summed E-state index contributed by atoms with van der Waals surface area (Å²) in [7, 11) is 2.10. The molecule has 1 saturated heterocycles. The summed E-state index contributed by atoms with van der Waals surface area (Å²) in [5.74, 6) is 0.426. The molecule has 1 aliphatic rings. The molecule has 0 bridgehead atoms. The maximum atomic E-state index is 13.3. The van der Waals surface area contributed by atoms with Crippen molar-refractivity contribution in [2.75, 3.05) is 37.3 Å². The van der Waals surface area contributed by atoms with Crippen molar-refractivity contribution in [1.82, 2.24) is 14.8 Å². The van der Waals surface area contributed by atoms with Gasteiger partial charge >= 0.3 is 0 Å². The molecule has 3 N–H and O–H groups in total. The molecular weight excluding hydrogens is 485 g/mol. The van der Waals surface area contributed by atoms with Crippen LogP contribution in [-0.2, 0) is 6.54 Å². The molecule has 1 amide bonds. The molecule has 4 aromatic rings. The molecule has 190 valence electrons. The van der Waals surface area contributed by atoms with Gasteiger partial charge < -0.3 is 15.6 Å². The van der Waals surface area contributed by atoms with Gasteiger partial charge in [-0.1, -0.05) is 24.3 Å². The van der Waals surface area contributed by atoms with Gasteiger partial charge in [-0.15, -0.1) is 11.8 Å². The molecule has 1 aromatic heterocycles. The number of amides is 1. The first-order valence-electron chi connectivity index (χ1n) is 12.1. The third-order valence-corrected chi connectivity index (χ3v) is 7.14. The van der Waals surface area contributed by atoms with Gasteiger partial charge in [0.15, 0.2) is 0 Å². The summed E-state index contributed by atoms with van der Waals surface area (Å²) in [6.45, 7) is 4.80. The Bertz CT molecular complexity index is 1400. The lowest BCUT2D eigenvalue weighted by molar-refractivity contribution is -0.0153. The van der Waals surface area contributed by atoms with Crippen LogP contribution in [0.25, 0.3) is 11.1 Å². The van der Waals surface area contributed by atoms with Crippen LogP contribution in [0.1, 0.15) is 21.5 Å². The van der Waals surface area contributed by atoms with E-state index in [2.05, 4.69) is 50.7 Å². The molecule has 0 radical (unpaired) electrons. The van der Waals surface area contributed by atoms with Crippen LogP contribution >= 0.6 is 11.8 Å². The Morgan fingerprint density at radius 3 is 2.43 bits per heavy atom. The first-order chi connectivity index (χ1) is 17.9. The van der Waals surface area contributed by atoms with Crippen molar-refractivity contribution in [3.63, 3.8) is 0 Å². The van der Waals surface area contributed by atoms with Gasteiger partial charge in [-0.2, -0.15) is 0 Å². The number of hydrogen-bond donors (Lipinski definition) is 3. The second kappa shape index (κ2) is 10.8. The van der Waals surface area contributed by atoms with Gasteiger partial charge in [0.2, 0.25) is 0 Å². The topological polar surface area (TPSA) is 63.4 Å². The summed E-state index contributed by atoms with van der Waals surface area (Å²) in [5, 5.41) is 7.42. The SMILES string of the molecule is CSc1[nH]c(Nc2ccc(C(=O)Nc3cc(CN4CN(C)C4)ccc3C)cc2)cc1-c1ccc(F)cc1. The highest BCUT2D eigenvalue weighted by Gasteiger charge is 2.20. The summed E-state index contributed by atoms with van der Waals surface area (Å²) < 4.78 is 13.3. The number of nitrogens with one attached hydrogen (secondary N) is 3. The van der Waals surface area contributed by atoms with Crippen molar-refractivity contribution < 1.29 is 9.18 Å². The van der Waals surface area contributed by atoms with E-state index in [4.69, 9.17) is 0 Å². The van der Waals surface area contributed by atoms with Crippen molar-refractivity contribution in [3.8, 4) is 11.1 Å². The third-order valence-electron chi connectivity index (χ3n) is 6.41. The van der Waals surface area contributed by atoms with Crippen LogP contribution in [0, 0.1) is 12.7 Å². The fourth-order valence-corrected chi connectivity index (χ4v) is 5.07. The van der Waals surface area contributed by atoms with Crippen LogP contribution in [-0.4, -0.2) is 47.3 Å². The molecule has 0 spiro atoms. The van der Waals surface area contributed by atoms with E-state index in [1.807, 2.05) is 43.5 Å². The maximum absolute atomic E-state index is 13.3. The molecule has 2 heterocycles. The number of aromatic amines is 1. The largest absolute Gasteiger partial charge is 0.342 e. The van der Waals surface area contributed by atoms with Crippen LogP contribution in [0.15, 0.2) is 77.8 Å². The molecule has 1 fully saturated rings. The van der Waals surface area contributed by atoms with Gasteiger partial charge in [-0.3, -0.25) is 14.6 Å². The zero-order chi connectivity index (χ0) is 25.9. The maximum Gasteiger partial charge on any atom is 0.255 e. The molecule has 3 aromatic carbocycles. The van der Waals surface area contributed by atoms with Crippen molar-refractivity contribution >= 4 is 34.9 Å². The van der Waals surface area contributed by atoms with E-state index in [0.29, 0.717) is 5.56 Å². The van der Waals surface area contributed by atoms with E-state index in [1.54, 1.807) is 23.9 Å². The second-order valence-corrected chi connectivity index (χ2v) is 10.2. The van der Waals surface area contributed by atoms with Gasteiger partial charge in [0.25, 0.3) is 5.91 Å². The highest BCUT2D eigenvalue weighted by atomic mass is 32.2. The Morgan fingerprint density at radius 1 is 1.03 bits per heavy atom. The summed E-state index contributed by atoms with van der Waals surface area (Å²) >= 11 is 1.60. The van der Waals surface area contributed by atoms with Crippen molar-refractivity contribution in [1.29, 1.82) is 0 Å². The first kappa shape index (κ1) is 25.1. The Hall–Kier alpha value is -3.59. The minimum absolute atomic E-state index is 0.140. The van der Waals surface area contributed by atoms with Gasteiger partial charge in [0, 0.05) is 29.0 Å². The minimum Gasteiger partial charge on any atom is -0.342 e. The number of carbonyl (C=O) groups is 1. The van der Waals surface area contributed by atoms with Crippen LogP contribution in [0.4, 0.5) is 21.6 Å². The Labute approximate surface area is 220 Å². The summed E-state index contributed by atoms with van der Waals surface area (Å²) in [5.41, 5.74) is 6.44. The predicted octanol–water partition coefficient (Wildman–Crippen LogP) is 6.51. The number of thioether (sulfide) groups is 1. The van der Waals surface area contributed by atoms with Crippen LogP contribution in [0.5, 0.6) is 0 Å². The lowest BCUT2D eigenvalue weighted by Crippen LogP contribution is -2.52. The average Bonchev–Trinajstić information content (AvgIpc) is 3.28. The van der Waals surface area contributed by atoms with E-state index >= 15 is 0 Å². The Morgan fingerprint density at radius 2 is 1.76 bits per heavy atom. The number of aromatic nitrogens is 1. The van der Waals surface area contributed by atoms with Gasteiger partial charge in [0.1, 0.15) is 11.6 Å². The average molecular weight is 516 g/mol. The fourth-order valence-electron chi connectivity index (χ4n) is 4.46. The monoisotopic (exact) mass is 515 g/mol. The first-order valence-corrected chi connectivity index (χ1v) is 13.3. The van der Waals surface area contributed by atoms with E-state index < -0.39 is 0 Å². The smallest absolute Gasteiger partial charge is 0.255 e. The van der Waals surface area contributed by atoms with Crippen LogP contribution in [0.3, 0.4) is 0 Å². The standard InChI is InChI=1S/C29H30FN5OS/c1-19-4-5-20(16-35-17-34(2)18-35)14-26(19)32-28(36)22-8-12-24(13-9-22)31-27-15-25(29(33-27)37-3)21-6-10-23(30)11-7-21/h4-15,31,33H,16-18H2,1-3H3,(H,32,36). The quantitative estimate of drug-likeness (QED) is 0.234. The zero-order valence-corrected chi connectivity index (χ0v) is 22.0. The van der Waals surface area contributed by atoms with E-state index in [0.717, 1.165) is 58.8 Å². The number of rotatable bonds is 8. The number of anilines is 3. The van der Waals surface area contributed by atoms with Gasteiger partial charge in [0.05, 0.1) is 18.4 Å². The lowest BCUT2D eigenvalue weighted by atomic mass is 10.1. The van der Waals surface area contributed by atoms with Gasteiger partial charge in [-0.05, 0) is 85.4 Å². The number of carbonyl (C=O) groups excluding carboxylic acids is 1. The van der Waals surface area contributed by atoms with Gasteiger partial charge in [-0.25, -0.2) is 4.39 Å². The lowest BCUT2D eigenvalue weighted by Gasteiger charge is -2.40. The third kappa shape index (κ3) is 5.88. The number of H-pyrrole nitrogens is 1. The highest BCUT2D eigenvalue weighted by Crippen LogP contribution is 2.34. The normalized spacial score (nSPS) is 13.8. The van der Waals surface area contributed by atoms with Crippen molar-refractivity contribution in [2.24, 2.45) is 0 Å². The number of benzene rings is 3. The highest BCUT2D eigenvalue weighted by molar-refractivity contribution is 7.98. The predicted molar refractivity (Wildman–Crippen MR) is 150 cm³/mol. The van der Waals surface area contributed by atoms with Crippen LogP contribution < -0.4 is 10.6 Å². The molecule has 0 saturated carbocycles. The van der Waals surface area contributed by atoms with E-state index in [1.165, 1.54) is 17.7 Å². The molecule has 8 heteroatoms. The molecular formula is C29H30FN5OS. The van der Waals surface area contributed by atoms with E-state index in [9.17, 15) is 9.18 Å². The number of halogens is 1. The second-order valence-electron chi connectivity index (χ2n) is 9.41. The summed E-state index contributed by atoms with van der Waals surface area (Å²) in [6.07, 6.45) is 2.00. The molecule has 1 aliphatic heterocycles. The Kier molecular flexibility index (Phi) is 7.32. The summed E-state index contributed by atoms with van der Waals surface area (Å²) in [4.78, 5) is 20.9. The number of hydrogen-bond acceptors (Lipinski definition) is 5. The minimum atomic E-state index is -0.255. The number of nitrogens with zero attached hydrogens (tertiary/aromatic N) is 2. The van der Waals surface area contributed by atoms with Crippen molar-refractivity contribution in [3.05, 3.63) is 95.3 Å². The number of aryl methyl sites for hydroxylation is 1.